The topological polar surface area (TPSA) is 80.3 Å². The lowest BCUT2D eigenvalue weighted by atomic mass is 10.2. The second-order valence-electron chi connectivity index (χ2n) is 5.33. The Morgan fingerprint density at radius 3 is 2.54 bits per heavy atom. The molecular weight excluding hydrogens is 332 g/mol. The van der Waals surface area contributed by atoms with E-state index in [9.17, 15) is 14.9 Å². The Morgan fingerprint density at radius 1 is 1.29 bits per heavy atom. The number of hydrogen-bond acceptors (Lipinski definition) is 5. The van der Waals surface area contributed by atoms with E-state index in [-0.39, 0.29) is 11.4 Å². The molecule has 0 saturated heterocycles. The van der Waals surface area contributed by atoms with Gasteiger partial charge in [0.15, 0.2) is 5.56 Å². The van der Waals surface area contributed by atoms with Gasteiger partial charge in [-0.3, -0.25) is 13.9 Å². The van der Waals surface area contributed by atoms with Crippen molar-refractivity contribution in [3.63, 3.8) is 0 Å². The van der Waals surface area contributed by atoms with Gasteiger partial charge in [-0.05, 0) is 18.2 Å². The summed E-state index contributed by atoms with van der Waals surface area (Å²) in [5.74, 6) is 0.867. The molecule has 24 heavy (non-hydrogen) atoms. The van der Waals surface area contributed by atoms with Gasteiger partial charge >= 0.3 is 5.69 Å². The Morgan fingerprint density at radius 2 is 1.96 bits per heavy atom. The summed E-state index contributed by atoms with van der Waals surface area (Å²) < 4.78 is 7.49. The summed E-state index contributed by atoms with van der Waals surface area (Å²) >= 11 is 6.03. The van der Waals surface area contributed by atoms with Gasteiger partial charge in [-0.2, -0.15) is 5.26 Å². The maximum absolute atomic E-state index is 12.2. The van der Waals surface area contributed by atoms with E-state index in [2.05, 4.69) is 0 Å². The minimum absolute atomic E-state index is 0.0944. The fourth-order valence-corrected chi connectivity index (χ4v) is 2.77. The van der Waals surface area contributed by atoms with E-state index in [4.69, 9.17) is 16.3 Å². The molecule has 0 fully saturated rings. The van der Waals surface area contributed by atoms with Crippen molar-refractivity contribution in [2.75, 3.05) is 19.1 Å². The number of halogens is 1. The first-order valence-electron chi connectivity index (χ1n) is 7.05. The predicted octanol–water partition coefficient (Wildman–Crippen LogP) is 1.25. The van der Waals surface area contributed by atoms with Gasteiger partial charge < -0.3 is 9.64 Å². The molecule has 0 saturated carbocycles. The first-order valence-corrected chi connectivity index (χ1v) is 7.43. The fraction of sp³-hybridized carbons (Fsp3) is 0.312. The standard InChI is InChI=1S/C16H17ClN4O3/c1-19(9-10-7-11(17)5-6-13(10)24-4)14-12(8-18)15(22)21(3)16(23)20(14)2/h5-7H,9H2,1-4H3. The monoisotopic (exact) mass is 348 g/mol. The third-order valence-corrected chi connectivity index (χ3v) is 3.99. The second kappa shape index (κ2) is 6.81. The third kappa shape index (κ3) is 3.01. The number of rotatable bonds is 4. The van der Waals surface area contributed by atoms with Crippen LogP contribution in [0.2, 0.25) is 5.02 Å². The predicted molar refractivity (Wildman–Crippen MR) is 91.8 cm³/mol. The van der Waals surface area contributed by atoms with Gasteiger partial charge in [-0.15, -0.1) is 0 Å². The highest BCUT2D eigenvalue weighted by Crippen LogP contribution is 2.25. The highest BCUT2D eigenvalue weighted by atomic mass is 35.5. The molecule has 0 N–H and O–H groups in total. The van der Waals surface area contributed by atoms with E-state index in [1.807, 2.05) is 6.07 Å². The lowest BCUT2D eigenvalue weighted by Crippen LogP contribution is -2.41. The van der Waals surface area contributed by atoms with Gasteiger partial charge in [0.25, 0.3) is 5.56 Å². The normalized spacial score (nSPS) is 10.3. The number of anilines is 1. The second-order valence-corrected chi connectivity index (χ2v) is 5.76. The summed E-state index contributed by atoms with van der Waals surface area (Å²) in [4.78, 5) is 26.0. The zero-order chi connectivity index (χ0) is 18.0. The molecule has 126 valence electrons. The summed E-state index contributed by atoms with van der Waals surface area (Å²) in [6, 6.07) is 7.07. The largest absolute Gasteiger partial charge is 0.496 e. The molecule has 0 aliphatic heterocycles. The van der Waals surface area contributed by atoms with Crippen LogP contribution in [0.25, 0.3) is 0 Å². The van der Waals surface area contributed by atoms with Crippen molar-refractivity contribution in [3.05, 3.63) is 55.2 Å². The van der Waals surface area contributed by atoms with E-state index in [1.165, 1.54) is 18.7 Å². The molecule has 0 amide bonds. The Balaban J connectivity index is 2.58. The van der Waals surface area contributed by atoms with E-state index in [0.29, 0.717) is 17.3 Å². The Hall–Kier alpha value is -2.72. The molecule has 1 heterocycles. The minimum atomic E-state index is -0.625. The van der Waals surface area contributed by atoms with Crippen LogP contribution in [0.4, 0.5) is 5.82 Å². The SMILES string of the molecule is COc1ccc(Cl)cc1CN(C)c1c(C#N)c(=O)n(C)c(=O)n1C. The van der Waals surface area contributed by atoms with E-state index < -0.39 is 11.2 Å². The van der Waals surface area contributed by atoms with Gasteiger partial charge in [0.1, 0.15) is 17.6 Å². The molecule has 1 aromatic carbocycles. The molecule has 0 atom stereocenters. The van der Waals surface area contributed by atoms with Crippen molar-refractivity contribution < 1.29 is 4.74 Å². The maximum atomic E-state index is 12.2. The van der Waals surface area contributed by atoms with Crippen LogP contribution in [0, 0.1) is 11.3 Å². The Labute approximate surface area is 143 Å². The number of methoxy groups -OCH3 is 1. The van der Waals surface area contributed by atoms with Crippen molar-refractivity contribution in [2.45, 2.75) is 6.54 Å². The fourth-order valence-electron chi connectivity index (χ4n) is 2.58. The summed E-state index contributed by atoms with van der Waals surface area (Å²) in [5.41, 5.74) is -0.452. The highest BCUT2D eigenvalue weighted by molar-refractivity contribution is 6.30. The molecule has 7 nitrogen and oxygen atoms in total. The molecule has 0 aliphatic carbocycles. The van der Waals surface area contributed by atoms with E-state index in [0.717, 1.165) is 10.1 Å². The van der Waals surface area contributed by atoms with Crippen molar-refractivity contribution in [1.29, 1.82) is 5.26 Å². The zero-order valence-corrected chi connectivity index (χ0v) is 14.6. The van der Waals surface area contributed by atoms with Gasteiger partial charge in [0, 0.05) is 38.3 Å². The summed E-state index contributed by atoms with van der Waals surface area (Å²) in [5, 5.41) is 9.89. The summed E-state index contributed by atoms with van der Waals surface area (Å²) in [7, 11) is 6.09. The molecule has 0 aliphatic rings. The molecule has 0 unspecified atom stereocenters. The van der Waals surface area contributed by atoms with E-state index in [1.54, 1.807) is 37.3 Å². The lowest BCUT2D eigenvalue weighted by Gasteiger charge is -2.24. The van der Waals surface area contributed by atoms with Gasteiger partial charge in [-0.1, -0.05) is 11.6 Å². The number of benzene rings is 1. The molecule has 0 radical (unpaired) electrons. The van der Waals surface area contributed by atoms with Gasteiger partial charge in [-0.25, -0.2) is 4.79 Å². The summed E-state index contributed by atoms with van der Waals surface area (Å²) in [6.45, 7) is 0.304. The Bertz CT molecular complexity index is 940. The molecule has 8 heteroatoms. The zero-order valence-electron chi connectivity index (χ0n) is 13.8. The number of nitriles is 1. The molecule has 2 rings (SSSR count). The molecule has 2 aromatic rings. The quantitative estimate of drug-likeness (QED) is 0.830. The molecule has 0 spiro atoms. The maximum Gasteiger partial charge on any atom is 0.332 e. The van der Waals surface area contributed by atoms with E-state index >= 15 is 0 Å². The van der Waals surface area contributed by atoms with Crippen LogP contribution < -0.4 is 20.9 Å². The lowest BCUT2D eigenvalue weighted by molar-refractivity contribution is 0.409. The molecule has 0 bridgehead atoms. The average molecular weight is 349 g/mol. The Kier molecular flexibility index (Phi) is 5.00. The highest BCUT2D eigenvalue weighted by Gasteiger charge is 2.19. The molecule has 1 aromatic heterocycles. The first-order chi connectivity index (χ1) is 11.3. The summed E-state index contributed by atoms with van der Waals surface area (Å²) in [6.07, 6.45) is 0. The van der Waals surface area contributed by atoms with Crippen LogP contribution in [-0.4, -0.2) is 23.3 Å². The number of ether oxygens (including phenoxy) is 1. The van der Waals surface area contributed by atoms with Crippen molar-refractivity contribution in [1.82, 2.24) is 9.13 Å². The first kappa shape index (κ1) is 17.6. The third-order valence-electron chi connectivity index (χ3n) is 3.76. The van der Waals surface area contributed by atoms with Crippen LogP contribution in [-0.2, 0) is 20.6 Å². The van der Waals surface area contributed by atoms with Crippen LogP contribution in [0.3, 0.4) is 0 Å². The minimum Gasteiger partial charge on any atom is -0.496 e. The van der Waals surface area contributed by atoms with Gasteiger partial charge in [0.2, 0.25) is 0 Å². The van der Waals surface area contributed by atoms with Gasteiger partial charge in [0.05, 0.1) is 7.11 Å². The van der Waals surface area contributed by atoms with Crippen molar-refractivity contribution in [3.8, 4) is 11.8 Å². The number of nitrogens with zero attached hydrogens (tertiary/aromatic N) is 4. The van der Waals surface area contributed by atoms with Crippen LogP contribution in [0.15, 0.2) is 27.8 Å². The van der Waals surface area contributed by atoms with Crippen LogP contribution in [0.5, 0.6) is 5.75 Å². The number of aromatic nitrogens is 2. The van der Waals surface area contributed by atoms with Crippen LogP contribution in [0.1, 0.15) is 11.1 Å². The average Bonchev–Trinajstić information content (AvgIpc) is 2.56. The number of hydrogen-bond donors (Lipinski definition) is 0. The van der Waals surface area contributed by atoms with Crippen molar-refractivity contribution in [2.24, 2.45) is 14.1 Å². The smallest absolute Gasteiger partial charge is 0.332 e. The van der Waals surface area contributed by atoms with Crippen molar-refractivity contribution >= 4 is 17.4 Å². The molecular formula is C16H17ClN4O3. The van der Waals surface area contributed by atoms with Crippen LogP contribution >= 0.6 is 11.6 Å².